The first-order valence-electron chi connectivity index (χ1n) is 11.6. The zero-order chi connectivity index (χ0) is 21.2. The van der Waals surface area contributed by atoms with Gasteiger partial charge < -0.3 is 15.0 Å². The molecule has 0 radical (unpaired) electrons. The van der Waals surface area contributed by atoms with Crippen LogP contribution in [0.15, 0.2) is 18.2 Å². The fourth-order valence-corrected chi connectivity index (χ4v) is 8.13. The number of carbonyl (C=O) groups is 2. The molecule has 7 heteroatoms. The summed E-state index contributed by atoms with van der Waals surface area (Å²) < 4.78 is 6.26. The second-order valence-corrected chi connectivity index (χ2v) is 11.2. The summed E-state index contributed by atoms with van der Waals surface area (Å²) in [6, 6.07) is 5.33. The number of amides is 2. The number of carbonyl (C=O) groups excluding carboxylic acids is 2. The molecule has 6 nitrogen and oxygen atoms in total. The average molecular weight is 440 g/mol. The van der Waals surface area contributed by atoms with Crippen LogP contribution in [0.2, 0.25) is 0 Å². The SMILES string of the molecule is COc1ccc2nc(NC(=O)[C@@H]3CCCN3C(=O)C34CC5CC(CC(C5)C3)C4)sc2c1. The molecule has 0 spiro atoms. The number of fused-ring (bicyclic) bond motifs is 1. The molecule has 0 unspecified atom stereocenters. The van der Waals surface area contributed by atoms with Gasteiger partial charge in [-0.25, -0.2) is 4.98 Å². The lowest BCUT2D eigenvalue weighted by Gasteiger charge is -2.56. The van der Waals surface area contributed by atoms with Gasteiger partial charge in [0.15, 0.2) is 5.13 Å². The molecule has 2 heterocycles. The first-order chi connectivity index (χ1) is 15.0. The smallest absolute Gasteiger partial charge is 0.248 e. The summed E-state index contributed by atoms with van der Waals surface area (Å²) >= 11 is 1.44. The highest BCUT2D eigenvalue weighted by Gasteiger charge is 2.56. The van der Waals surface area contributed by atoms with Gasteiger partial charge >= 0.3 is 0 Å². The second kappa shape index (κ2) is 7.19. The molecular weight excluding hydrogens is 410 g/mol. The van der Waals surface area contributed by atoms with Crippen LogP contribution in [0.5, 0.6) is 5.75 Å². The maximum Gasteiger partial charge on any atom is 0.248 e. The Balaban J connectivity index is 1.20. The highest BCUT2D eigenvalue weighted by Crippen LogP contribution is 2.60. The number of ether oxygens (including phenoxy) is 1. The maximum absolute atomic E-state index is 13.8. The molecular formula is C24H29N3O3S. The summed E-state index contributed by atoms with van der Waals surface area (Å²) in [6.07, 6.45) is 8.72. The van der Waals surface area contributed by atoms with Crippen molar-refractivity contribution in [2.75, 3.05) is 19.0 Å². The van der Waals surface area contributed by atoms with E-state index < -0.39 is 0 Å². The van der Waals surface area contributed by atoms with Gasteiger partial charge in [-0.05, 0) is 87.3 Å². The van der Waals surface area contributed by atoms with Gasteiger partial charge in [0.25, 0.3) is 0 Å². The zero-order valence-corrected chi connectivity index (χ0v) is 18.7. The number of methoxy groups -OCH3 is 1. The van der Waals surface area contributed by atoms with Crippen LogP contribution < -0.4 is 10.1 Å². The molecule has 164 valence electrons. The molecule has 4 bridgehead atoms. The van der Waals surface area contributed by atoms with E-state index in [2.05, 4.69) is 10.3 Å². The van der Waals surface area contributed by atoms with E-state index in [0.717, 1.165) is 65.8 Å². The van der Waals surface area contributed by atoms with Gasteiger partial charge in [0.05, 0.1) is 22.7 Å². The Hall–Kier alpha value is -2.15. The number of hydrogen-bond donors (Lipinski definition) is 1. The fourth-order valence-electron chi connectivity index (χ4n) is 7.23. The highest BCUT2D eigenvalue weighted by molar-refractivity contribution is 7.22. The third-order valence-corrected chi connectivity index (χ3v) is 9.07. The Bertz CT molecular complexity index is 1010. The van der Waals surface area contributed by atoms with Crippen molar-refractivity contribution in [3.63, 3.8) is 0 Å². The second-order valence-electron chi connectivity index (χ2n) is 10.2. The van der Waals surface area contributed by atoms with Crippen molar-refractivity contribution >= 4 is 38.5 Å². The largest absolute Gasteiger partial charge is 0.497 e. The third kappa shape index (κ3) is 3.23. The Morgan fingerprint density at radius 2 is 1.87 bits per heavy atom. The number of aromatic nitrogens is 1. The molecule has 5 aliphatic rings. The number of nitrogens with zero attached hydrogens (tertiary/aromatic N) is 2. The molecule has 2 amide bonds. The van der Waals surface area contributed by atoms with E-state index in [4.69, 9.17) is 4.74 Å². The summed E-state index contributed by atoms with van der Waals surface area (Å²) in [4.78, 5) is 33.5. The lowest BCUT2D eigenvalue weighted by Crippen LogP contribution is -2.56. The van der Waals surface area contributed by atoms with E-state index >= 15 is 0 Å². The number of thiazole rings is 1. The molecule has 2 aromatic rings. The molecule has 1 N–H and O–H groups in total. The number of likely N-dealkylation sites (tertiary alicyclic amines) is 1. The molecule has 7 rings (SSSR count). The normalized spacial score (nSPS) is 33.8. The minimum atomic E-state index is -0.373. The summed E-state index contributed by atoms with van der Waals surface area (Å²) in [5, 5.41) is 3.59. The maximum atomic E-state index is 13.8. The summed E-state index contributed by atoms with van der Waals surface area (Å²) in [6.45, 7) is 0.704. The predicted octanol–water partition coefficient (Wildman–Crippen LogP) is 4.45. The molecule has 4 saturated carbocycles. The lowest BCUT2D eigenvalue weighted by molar-refractivity contribution is -0.160. The van der Waals surface area contributed by atoms with Crippen LogP contribution in [-0.2, 0) is 9.59 Å². The van der Waals surface area contributed by atoms with Gasteiger partial charge in [-0.15, -0.1) is 0 Å². The van der Waals surface area contributed by atoms with Crippen LogP contribution in [0.25, 0.3) is 10.2 Å². The van der Waals surface area contributed by atoms with Gasteiger partial charge in [0, 0.05) is 6.54 Å². The monoisotopic (exact) mass is 439 g/mol. The van der Waals surface area contributed by atoms with Gasteiger partial charge in [-0.2, -0.15) is 0 Å². The zero-order valence-electron chi connectivity index (χ0n) is 17.9. The van der Waals surface area contributed by atoms with Crippen LogP contribution >= 0.6 is 11.3 Å². The van der Waals surface area contributed by atoms with Crippen molar-refractivity contribution in [1.82, 2.24) is 9.88 Å². The van der Waals surface area contributed by atoms with Crippen molar-refractivity contribution in [2.45, 2.75) is 57.4 Å². The number of hydrogen-bond acceptors (Lipinski definition) is 5. The Kier molecular flexibility index (Phi) is 4.53. The van der Waals surface area contributed by atoms with Crippen molar-refractivity contribution in [3.05, 3.63) is 18.2 Å². The number of anilines is 1. The molecule has 1 atom stereocenters. The first kappa shape index (κ1) is 19.5. The summed E-state index contributed by atoms with van der Waals surface area (Å²) in [7, 11) is 1.64. The number of benzene rings is 1. The molecule has 1 saturated heterocycles. The highest BCUT2D eigenvalue weighted by atomic mass is 32.1. The van der Waals surface area contributed by atoms with Gasteiger partial charge in [0.1, 0.15) is 11.8 Å². The van der Waals surface area contributed by atoms with Crippen LogP contribution in [0, 0.1) is 23.2 Å². The first-order valence-corrected chi connectivity index (χ1v) is 12.4. The minimum Gasteiger partial charge on any atom is -0.497 e. The molecule has 1 aromatic carbocycles. The van der Waals surface area contributed by atoms with E-state index in [1.54, 1.807) is 7.11 Å². The lowest BCUT2D eigenvalue weighted by atomic mass is 9.49. The Morgan fingerprint density at radius 1 is 1.16 bits per heavy atom. The van der Waals surface area contributed by atoms with Crippen LogP contribution in [0.4, 0.5) is 5.13 Å². The molecule has 31 heavy (non-hydrogen) atoms. The molecule has 1 aromatic heterocycles. The van der Waals surface area contributed by atoms with Crippen LogP contribution in [0.3, 0.4) is 0 Å². The van der Waals surface area contributed by atoms with Gasteiger partial charge in [0.2, 0.25) is 11.8 Å². The standard InChI is InChI=1S/C24H29N3O3S/c1-30-17-4-5-18-20(10-17)31-23(25-18)26-21(28)19-3-2-6-27(19)22(29)24-11-14-7-15(12-24)9-16(8-14)13-24/h4-5,10,14-16,19H,2-3,6-9,11-13H2,1H3,(H,25,26,28)/t14?,15?,16?,19-,24?/m0/s1. The van der Waals surface area contributed by atoms with Crippen molar-refractivity contribution in [2.24, 2.45) is 23.2 Å². The minimum absolute atomic E-state index is 0.0957. The van der Waals surface area contributed by atoms with Crippen LogP contribution in [0.1, 0.15) is 51.4 Å². The van der Waals surface area contributed by atoms with Gasteiger partial charge in [-0.3, -0.25) is 9.59 Å². The van der Waals surface area contributed by atoms with Crippen molar-refractivity contribution in [3.8, 4) is 5.75 Å². The van der Waals surface area contributed by atoms with E-state index in [9.17, 15) is 9.59 Å². The van der Waals surface area contributed by atoms with E-state index in [0.29, 0.717) is 11.7 Å². The average Bonchev–Trinajstić information content (AvgIpc) is 3.38. The molecule has 1 aliphatic heterocycles. The Morgan fingerprint density at radius 3 is 2.55 bits per heavy atom. The van der Waals surface area contributed by atoms with E-state index in [1.165, 1.54) is 30.6 Å². The van der Waals surface area contributed by atoms with Gasteiger partial charge in [-0.1, -0.05) is 11.3 Å². The number of nitrogens with one attached hydrogen (secondary N) is 1. The van der Waals surface area contributed by atoms with E-state index in [-0.39, 0.29) is 23.3 Å². The topological polar surface area (TPSA) is 71.5 Å². The van der Waals surface area contributed by atoms with Crippen molar-refractivity contribution in [1.29, 1.82) is 0 Å². The quantitative estimate of drug-likeness (QED) is 0.764. The van der Waals surface area contributed by atoms with Crippen molar-refractivity contribution < 1.29 is 14.3 Å². The van der Waals surface area contributed by atoms with Crippen LogP contribution in [-0.4, -0.2) is 41.4 Å². The third-order valence-electron chi connectivity index (χ3n) is 8.13. The molecule has 4 aliphatic carbocycles. The fraction of sp³-hybridized carbons (Fsp3) is 0.625. The molecule has 5 fully saturated rings. The summed E-state index contributed by atoms with van der Waals surface area (Å²) in [5.74, 6) is 3.12. The summed E-state index contributed by atoms with van der Waals surface area (Å²) in [5.41, 5.74) is 0.651. The predicted molar refractivity (Wildman–Crippen MR) is 120 cm³/mol. The Labute approximate surface area is 186 Å². The van der Waals surface area contributed by atoms with E-state index in [1.807, 2.05) is 23.1 Å². The number of rotatable bonds is 4.